The minimum Gasteiger partial charge on any atom is -0.456 e. The number of nitro groups is 1. The second-order valence-corrected chi connectivity index (χ2v) is 6.76. The summed E-state index contributed by atoms with van der Waals surface area (Å²) in [6, 6.07) is 8.21. The number of ether oxygens (including phenoxy) is 1. The lowest BCUT2D eigenvalue weighted by Gasteiger charge is -2.04. The number of nitrogens with zero attached hydrogens (tertiary/aromatic N) is 2. The van der Waals surface area contributed by atoms with Gasteiger partial charge < -0.3 is 4.74 Å². The normalized spacial score (nSPS) is 10.5. The summed E-state index contributed by atoms with van der Waals surface area (Å²) < 4.78 is 5.21. The molecule has 0 aliphatic heterocycles. The quantitative estimate of drug-likeness (QED) is 0.381. The highest BCUT2D eigenvalue weighted by Gasteiger charge is 2.16. The summed E-state index contributed by atoms with van der Waals surface area (Å²) in [5, 5.41) is 15.6. The zero-order valence-electron chi connectivity index (χ0n) is 12.6. The van der Waals surface area contributed by atoms with Gasteiger partial charge >= 0.3 is 5.97 Å². The number of aryl methyl sites for hydroxylation is 1. The molecule has 0 unspecified atom stereocenters. The van der Waals surface area contributed by atoms with Crippen molar-refractivity contribution in [3.05, 3.63) is 68.0 Å². The molecule has 122 valence electrons. The monoisotopic (exact) mass is 360 g/mol. The van der Waals surface area contributed by atoms with Gasteiger partial charge in [0.25, 0.3) is 5.69 Å². The zero-order valence-corrected chi connectivity index (χ0v) is 14.2. The third kappa shape index (κ3) is 3.50. The number of carbonyl (C=O) groups is 1. The first-order valence-electron chi connectivity index (χ1n) is 6.95. The lowest BCUT2D eigenvalue weighted by Crippen LogP contribution is -2.06. The SMILES string of the molecule is Cc1ccc(C(=O)OCc2csc(-c3cccs3)n2)cc1[N+](=O)[O-]. The number of thiazole rings is 1. The highest BCUT2D eigenvalue weighted by molar-refractivity contribution is 7.20. The Bertz CT molecular complexity index is 887. The van der Waals surface area contributed by atoms with Crippen LogP contribution in [0.4, 0.5) is 5.69 Å². The molecule has 0 atom stereocenters. The molecule has 3 aromatic rings. The van der Waals surface area contributed by atoms with Crippen LogP contribution in [-0.4, -0.2) is 15.9 Å². The van der Waals surface area contributed by atoms with Crippen molar-refractivity contribution in [3.63, 3.8) is 0 Å². The van der Waals surface area contributed by atoms with Gasteiger partial charge in [-0.3, -0.25) is 10.1 Å². The molecule has 6 nitrogen and oxygen atoms in total. The average molecular weight is 360 g/mol. The van der Waals surface area contributed by atoms with Crippen LogP contribution >= 0.6 is 22.7 Å². The number of benzene rings is 1. The molecule has 0 saturated heterocycles. The van der Waals surface area contributed by atoms with Crippen LogP contribution in [0, 0.1) is 17.0 Å². The van der Waals surface area contributed by atoms with E-state index < -0.39 is 10.9 Å². The minimum absolute atomic E-state index is 0.0301. The van der Waals surface area contributed by atoms with Crippen LogP contribution in [-0.2, 0) is 11.3 Å². The van der Waals surface area contributed by atoms with Gasteiger partial charge in [-0.25, -0.2) is 9.78 Å². The van der Waals surface area contributed by atoms with E-state index in [9.17, 15) is 14.9 Å². The van der Waals surface area contributed by atoms with E-state index in [1.165, 1.54) is 29.5 Å². The first kappa shape index (κ1) is 16.3. The number of thiophene rings is 1. The molecule has 0 aliphatic rings. The van der Waals surface area contributed by atoms with Crippen LogP contribution < -0.4 is 0 Å². The molecule has 8 heteroatoms. The van der Waals surface area contributed by atoms with Crippen molar-refractivity contribution in [2.24, 2.45) is 0 Å². The third-order valence-electron chi connectivity index (χ3n) is 3.28. The second kappa shape index (κ2) is 6.90. The van der Waals surface area contributed by atoms with Gasteiger partial charge in [-0.1, -0.05) is 12.1 Å². The lowest BCUT2D eigenvalue weighted by atomic mass is 10.1. The fourth-order valence-corrected chi connectivity index (χ4v) is 3.66. The van der Waals surface area contributed by atoms with E-state index in [1.807, 2.05) is 22.9 Å². The largest absolute Gasteiger partial charge is 0.456 e. The summed E-state index contributed by atoms with van der Waals surface area (Å²) in [6.45, 7) is 1.65. The van der Waals surface area contributed by atoms with Gasteiger partial charge in [-0.2, -0.15) is 0 Å². The van der Waals surface area contributed by atoms with Gasteiger partial charge in [0.1, 0.15) is 11.6 Å². The molecule has 3 rings (SSSR count). The summed E-state index contributed by atoms with van der Waals surface area (Å²) in [4.78, 5) is 28.0. The lowest BCUT2D eigenvalue weighted by molar-refractivity contribution is -0.385. The predicted octanol–water partition coefficient (Wildman–Crippen LogP) is 4.45. The molecule has 2 heterocycles. The van der Waals surface area contributed by atoms with Crippen LogP contribution in [0.5, 0.6) is 0 Å². The Morgan fingerprint density at radius 1 is 1.33 bits per heavy atom. The van der Waals surface area contributed by atoms with Crippen molar-refractivity contribution in [1.82, 2.24) is 4.98 Å². The van der Waals surface area contributed by atoms with Crippen LogP contribution in [0.1, 0.15) is 21.6 Å². The standard InChI is InChI=1S/C16H12N2O4S2/c1-10-4-5-11(7-13(10)18(20)21)16(19)22-8-12-9-24-15(17-12)14-3-2-6-23-14/h2-7,9H,8H2,1H3. The fourth-order valence-electron chi connectivity index (χ4n) is 2.04. The Morgan fingerprint density at radius 2 is 2.17 bits per heavy atom. The molecular formula is C16H12N2O4S2. The average Bonchev–Trinajstić information content (AvgIpc) is 3.24. The number of rotatable bonds is 5. The van der Waals surface area contributed by atoms with E-state index in [4.69, 9.17) is 4.74 Å². The van der Waals surface area contributed by atoms with E-state index in [0.717, 1.165) is 9.88 Å². The summed E-state index contributed by atoms with van der Waals surface area (Å²) in [6.07, 6.45) is 0. The molecule has 0 bridgehead atoms. The number of nitro benzene ring substituents is 1. The van der Waals surface area contributed by atoms with E-state index in [-0.39, 0.29) is 17.9 Å². The Morgan fingerprint density at radius 3 is 2.88 bits per heavy atom. The van der Waals surface area contributed by atoms with Crippen LogP contribution in [0.15, 0.2) is 41.1 Å². The van der Waals surface area contributed by atoms with Gasteiger partial charge in [0, 0.05) is 17.0 Å². The second-order valence-electron chi connectivity index (χ2n) is 4.96. The Kier molecular flexibility index (Phi) is 4.68. The highest BCUT2D eigenvalue weighted by atomic mass is 32.1. The molecule has 24 heavy (non-hydrogen) atoms. The van der Waals surface area contributed by atoms with Gasteiger partial charge in [-0.05, 0) is 24.4 Å². The van der Waals surface area contributed by atoms with Crippen molar-refractivity contribution in [2.45, 2.75) is 13.5 Å². The number of esters is 1. The van der Waals surface area contributed by atoms with E-state index >= 15 is 0 Å². The van der Waals surface area contributed by atoms with Gasteiger partial charge in [0.05, 0.1) is 21.1 Å². The van der Waals surface area contributed by atoms with Gasteiger partial charge in [-0.15, -0.1) is 22.7 Å². The third-order valence-corrected chi connectivity index (χ3v) is 5.21. The topological polar surface area (TPSA) is 82.3 Å². The summed E-state index contributed by atoms with van der Waals surface area (Å²) in [5.74, 6) is -0.608. The molecule has 0 aliphatic carbocycles. The maximum absolute atomic E-state index is 12.1. The molecule has 1 aromatic carbocycles. The molecule has 0 amide bonds. The number of hydrogen-bond donors (Lipinski definition) is 0. The zero-order chi connectivity index (χ0) is 17.1. The molecule has 2 aromatic heterocycles. The van der Waals surface area contributed by atoms with Crippen LogP contribution in [0.3, 0.4) is 0 Å². The molecule has 0 saturated carbocycles. The fraction of sp³-hybridized carbons (Fsp3) is 0.125. The molecule has 0 radical (unpaired) electrons. The highest BCUT2D eigenvalue weighted by Crippen LogP contribution is 2.28. The minimum atomic E-state index is -0.608. The maximum Gasteiger partial charge on any atom is 0.338 e. The molecular weight excluding hydrogens is 348 g/mol. The molecule has 0 N–H and O–H groups in total. The van der Waals surface area contributed by atoms with Crippen molar-refractivity contribution in [2.75, 3.05) is 0 Å². The van der Waals surface area contributed by atoms with Gasteiger partial charge in [0.2, 0.25) is 0 Å². The van der Waals surface area contributed by atoms with Gasteiger partial charge in [0.15, 0.2) is 0 Å². The van der Waals surface area contributed by atoms with Crippen LogP contribution in [0.2, 0.25) is 0 Å². The Labute approximate surface area is 145 Å². The number of carbonyl (C=O) groups excluding carboxylic acids is 1. The summed E-state index contributed by atoms with van der Waals surface area (Å²) in [7, 11) is 0. The van der Waals surface area contributed by atoms with E-state index in [1.54, 1.807) is 18.3 Å². The molecule has 0 fully saturated rings. The Hall–Kier alpha value is -2.58. The Balaban J connectivity index is 1.68. The first-order valence-corrected chi connectivity index (χ1v) is 8.71. The van der Waals surface area contributed by atoms with E-state index in [2.05, 4.69) is 4.98 Å². The van der Waals surface area contributed by atoms with Crippen molar-refractivity contribution in [1.29, 1.82) is 0 Å². The van der Waals surface area contributed by atoms with Crippen molar-refractivity contribution < 1.29 is 14.5 Å². The molecule has 0 spiro atoms. The van der Waals surface area contributed by atoms with Crippen molar-refractivity contribution in [3.8, 4) is 9.88 Å². The summed E-state index contributed by atoms with van der Waals surface area (Å²) >= 11 is 3.07. The van der Waals surface area contributed by atoms with Crippen molar-refractivity contribution >= 4 is 34.3 Å². The van der Waals surface area contributed by atoms with E-state index in [0.29, 0.717) is 11.3 Å². The number of aromatic nitrogens is 1. The smallest absolute Gasteiger partial charge is 0.338 e. The maximum atomic E-state index is 12.1. The predicted molar refractivity (Wildman–Crippen MR) is 92.4 cm³/mol. The summed E-state index contributed by atoms with van der Waals surface area (Å²) in [5.41, 5.74) is 1.20. The number of hydrogen-bond acceptors (Lipinski definition) is 7. The van der Waals surface area contributed by atoms with Crippen LogP contribution in [0.25, 0.3) is 9.88 Å². The first-order chi connectivity index (χ1) is 11.5.